The van der Waals surface area contributed by atoms with Crippen molar-refractivity contribution < 1.29 is 19.8 Å². The summed E-state index contributed by atoms with van der Waals surface area (Å²) in [5.74, 6) is -1.25. The van der Waals surface area contributed by atoms with Crippen LogP contribution < -0.4 is 4.90 Å². The lowest BCUT2D eigenvalue weighted by atomic mass is 10.1. The number of carbonyl (C=O) groups is 2. The zero-order chi connectivity index (χ0) is 12.6. The summed E-state index contributed by atoms with van der Waals surface area (Å²) in [7, 11) is 0. The van der Waals surface area contributed by atoms with Crippen molar-refractivity contribution in [2.24, 2.45) is 0 Å². The number of hydrogen-bond donors (Lipinski definition) is 2. The van der Waals surface area contributed by atoms with Gasteiger partial charge in [0, 0.05) is 5.69 Å². The summed E-state index contributed by atoms with van der Waals surface area (Å²) in [6, 6.07) is 5.14. The predicted molar refractivity (Wildman–Crippen MR) is 60.8 cm³/mol. The molecule has 0 aromatic heterocycles. The molecule has 0 aliphatic carbocycles. The van der Waals surface area contributed by atoms with E-state index in [0.29, 0.717) is 5.69 Å². The van der Waals surface area contributed by atoms with Crippen LogP contribution in [0.2, 0.25) is 0 Å². The lowest BCUT2D eigenvalue weighted by Gasteiger charge is -2.15. The topological polar surface area (TPSA) is 77.8 Å². The molecule has 1 heterocycles. The van der Waals surface area contributed by atoms with Crippen molar-refractivity contribution in [2.45, 2.75) is 19.4 Å². The van der Waals surface area contributed by atoms with Crippen LogP contribution in [0.3, 0.4) is 0 Å². The third kappa shape index (κ3) is 2.14. The van der Waals surface area contributed by atoms with E-state index in [9.17, 15) is 14.7 Å². The van der Waals surface area contributed by atoms with Gasteiger partial charge in [-0.05, 0) is 24.1 Å². The molecule has 5 heteroatoms. The minimum Gasteiger partial charge on any atom is -0.480 e. The van der Waals surface area contributed by atoms with Crippen molar-refractivity contribution >= 4 is 17.6 Å². The number of nitrogens with zero attached hydrogens (tertiary/aromatic N) is 1. The number of benzene rings is 1. The molecule has 1 unspecified atom stereocenters. The molecule has 0 bridgehead atoms. The van der Waals surface area contributed by atoms with Crippen molar-refractivity contribution in [3.05, 3.63) is 29.3 Å². The van der Waals surface area contributed by atoms with Crippen LogP contribution >= 0.6 is 0 Å². The van der Waals surface area contributed by atoms with Crippen LogP contribution in [0.5, 0.6) is 0 Å². The maximum atomic E-state index is 11.6. The Labute approximate surface area is 98.3 Å². The fourth-order valence-corrected chi connectivity index (χ4v) is 1.97. The highest BCUT2D eigenvalue weighted by Gasteiger charge is 2.29. The minimum absolute atomic E-state index is 0.198. The molecule has 90 valence electrons. The Morgan fingerprint density at radius 1 is 1.53 bits per heavy atom. The molecular weight excluding hydrogens is 222 g/mol. The molecule has 0 fully saturated rings. The molecule has 1 aromatic rings. The second-order valence-electron chi connectivity index (χ2n) is 4.11. The normalized spacial score (nSPS) is 15.9. The van der Waals surface area contributed by atoms with Crippen LogP contribution in [0.1, 0.15) is 24.2 Å². The summed E-state index contributed by atoms with van der Waals surface area (Å²) in [4.78, 5) is 23.6. The Bertz CT molecular complexity index is 481. The summed E-state index contributed by atoms with van der Waals surface area (Å²) >= 11 is 0. The Kier molecular flexibility index (Phi) is 2.85. The van der Waals surface area contributed by atoms with E-state index in [2.05, 4.69) is 0 Å². The van der Waals surface area contributed by atoms with Gasteiger partial charge in [-0.3, -0.25) is 9.59 Å². The summed E-state index contributed by atoms with van der Waals surface area (Å²) in [5, 5.41) is 18.2. The summed E-state index contributed by atoms with van der Waals surface area (Å²) in [5.41, 5.74) is 2.13. The van der Waals surface area contributed by atoms with Gasteiger partial charge in [0.25, 0.3) is 0 Å². The number of carboxylic acids is 1. The molecule has 1 amide bonds. The number of carbonyl (C=O) groups excluding carboxylic acids is 1. The zero-order valence-corrected chi connectivity index (χ0v) is 9.38. The highest BCUT2D eigenvalue weighted by atomic mass is 16.4. The van der Waals surface area contributed by atoms with E-state index in [1.165, 1.54) is 4.90 Å². The number of aliphatic hydroxyl groups is 1. The summed E-state index contributed by atoms with van der Waals surface area (Å²) in [6.45, 7) is 1.33. The van der Waals surface area contributed by atoms with Gasteiger partial charge in [0.1, 0.15) is 6.54 Å². The number of anilines is 1. The smallest absolute Gasteiger partial charge is 0.323 e. The standard InChI is InChI=1S/C12H13NO4/c1-7(14)8-2-3-10-9(4-8)5-11(15)13(10)6-12(16)17/h2-4,7,14H,5-6H2,1H3,(H,16,17). The van der Waals surface area contributed by atoms with Crippen molar-refractivity contribution in [3.8, 4) is 0 Å². The van der Waals surface area contributed by atoms with E-state index in [0.717, 1.165) is 11.1 Å². The van der Waals surface area contributed by atoms with Gasteiger partial charge >= 0.3 is 5.97 Å². The molecule has 0 radical (unpaired) electrons. The van der Waals surface area contributed by atoms with Gasteiger partial charge < -0.3 is 15.1 Å². The molecule has 0 spiro atoms. The quantitative estimate of drug-likeness (QED) is 0.809. The molecule has 1 aliphatic heterocycles. The van der Waals surface area contributed by atoms with E-state index in [1.807, 2.05) is 0 Å². The third-order valence-electron chi connectivity index (χ3n) is 2.81. The number of aliphatic hydroxyl groups excluding tert-OH is 1. The molecule has 1 aromatic carbocycles. The predicted octanol–water partition coefficient (Wildman–Crippen LogP) is 0.714. The van der Waals surface area contributed by atoms with Gasteiger partial charge in [-0.15, -0.1) is 0 Å². The van der Waals surface area contributed by atoms with Crippen molar-refractivity contribution in [1.29, 1.82) is 0 Å². The largest absolute Gasteiger partial charge is 0.480 e. The van der Waals surface area contributed by atoms with E-state index in [-0.39, 0.29) is 18.9 Å². The van der Waals surface area contributed by atoms with Crippen LogP contribution in [0, 0.1) is 0 Å². The van der Waals surface area contributed by atoms with Crippen molar-refractivity contribution in [3.63, 3.8) is 0 Å². The van der Waals surface area contributed by atoms with Gasteiger partial charge in [-0.1, -0.05) is 12.1 Å². The molecule has 0 saturated carbocycles. The number of fused-ring (bicyclic) bond motifs is 1. The molecule has 5 nitrogen and oxygen atoms in total. The molecule has 17 heavy (non-hydrogen) atoms. The summed E-state index contributed by atoms with van der Waals surface area (Å²) in [6.07, 6.45) is -0.396. The Morgan fingerprint density at radius 2 is 2.24 bits per heavy atom. The first kappa shape index (κ1) is 11.6. The zero-order valence-electron chi connectivity index (χ0n) is 9.38. The maximum absolute atomic E-state index is 11.6. The average molecular weight is 235 g/mol. The maximum Gasteiger partial charge on any atom is 0.323 e. The molecule has 1 atom stereocenters. The highest BCUT2D eigenvalue weighted by Crippen LogP contribution is 2.30. The van der Waals surface area contributed by atoms with Crippen LogP contribution in [0.4, 0.5) is 5.69 Å². The van der Waals surface area contributed by atoms with Gasteiger partial charge in [0.15, 0.2) is 0 Å². The Morgan fingerprint density at radius 3 is 2.82 bits per heavy atom. The third-order valence-corrected chi connectivity index (χ3v) is 2.81. The van der Waals surface area contributed by atoms with Crippen molar-refractivity contribution in [1.82, 2.24) is 0 Å². The molecule has 0 saturated heterocycles. The van der Waals surface area contributed by atoms with Crippen molar-refractivity contribution in [2.75, 3.05) is 11.4 Å². The lowest BCUT2D eigenvalue weighted by molar-refractivity contribution is -0.136. The second-order valence-corrected chi connectivity index (χ2v) is 4.11. The van der Waals surface area contributed by atoms with Gasteiger partial charge in [0.2, 0.25) is 5.91 Å². The number of aliphatic carboxylic acids is 1. The fourth-order valence-electron chi connectivity index (χ4n) is 1.97. The molecular formula is C12H13NO4. The summed E-state index contributed by atoms with van der Waals surface area (Å²) < 4.78 is 0. The van der Waals surface area contributed by atoms with E-state index < -0.39 is 12.1 Å². The first-order valence-electron chi connectivity index (χ1n) is 5.32. The second kappa shape index (κ2) is 4.18. The van der Waals surface area contributed by atoms with Crippen LogP contribution in [0.15, 0.2) is 18.2 Å². The highest BCUT2D eigenvalue weighted by molar-refractivity contribution is 6.04. The molecule has 2 rings (SSSR count). The number of rotatable bonds is 3. The van der Waals surface area contributed by atoms with Crippen LogP contribution in [-0.4, -0.2) is 28.6 Å². The van der Waals surface area contributed by atoms with E-state index >= 15 is 0 Å². The lowest BCUT2D eigenvalue weighted by Crippen LogP contribution is -2.32. The average Bonchev–Trinajstić information content (AvgIpc) is 2.54. The first-order valence-corrected chi connectivity index (χ1v) is 5.32. The fraction of sp³-hybridized carbons (Fsp3) is 0.333. The number of hydrogen-bond acceptors (Lipinski definition) is 3. The van der Waals surface area contributed by atoms with Crippen LogP contribution in [0.25, 0.3) is 0 Å². The molecule has 2 N–H and O–H groups in total. The minimum atomic E-state index is -1.04. The number of carboxylic acid groups (broad SMARTS) is 1. The SMILES string of the molecule is CC(O)c1ccc2c(c1)CC(=O)N2CC(=O)O. The van der Waals surface area contributed by atoms with Gasteiger partial charge in [-0.25, -0.2) is 0 Å². The van der Waals surface area contributed by atoms with E-state index in [4.69, 9.17) is 5.11 Å². The monoisotopic (exact) mass is 235 g/mol. The van der Waals surface area contributed by atoms with E-state index in [1.54, 1.807) is 25.1 Å². The Balaban J connectivity index is 2.35. The van der Waals surface area contributed by atoms with Crippen LogP contribution in [-0.2, 0) is 16.0 Å². The van der Waals surface area contributed by atoms with Gasteiger partial charge in [0.05, 0.1) is 12.5 Å². The first-order chi connectivity index (χ1) is 7.99. The molecule has 1 aliphatic rings. The number of amides is 1. The van der Waals surface area contributed by atoms with Gasteiger partial charge in [-0.2, -0.15) is 0 Å². The Hall–Kier alpha value is -1.88.